The predicted molar refractivity (Wildman–Crippen MR) is 194 cm³/mol. The van der Waals surface area contributed by atoms with Crippen LogP contribution in [0.4, 0.5) is 0 Å². The Kier molecular flexibility index (Phi) is 12.8. The molecule has 0 bridgehead atoms. The Morgan fingerprint density at radius 3 is 1.59 bits per heavy atom. The zero-order valence-corrected chi connectivity index (χ0v) is 30.0. The van der Waals surface area contributed by atoms with Gasteiger partial charge in [-0.1, -0.05) is 120 Å². The van der Waals surface area contributed by atoms with Gasteiger partial charge in [-0.3, -0.25) is 4.90 Å². The van der Waals surface area contributed by atoms with Crippen LogP contribution in [0.2, 0.25) is 0 Å². The molecular formula is C37H51Cl3N4. The smallest absolute Gasteiger partial charge is 0.137 e. The number of rotatable bonds is 6. The summed E-state index contributed by atoms with van der Waals surface area (Å²) in [5.74, 6) is 1.00. The zero-order chi connectivity index (χ0) is 29.4. The highest BCUT2D eigenvalue weighted by atomic mass is 35.5. The van der Waals surface area contributed by atoms with E-state index < -0.39 is 5.54 Å². The number of nitrogens with zero attached hydrogens (tertiary/aromatic N) is 2. The summed E-state index contributed by atoms with van der Waals surface area (Å²) < 4.78 is 0. The van der Waals surface area contributed by atoms with E-state index in [4.69, 9.17) is 4.98 Å². The molecule has 0 radical (unpaired) electrons. The van der Waals surface area contributed by atoms with E-state index in [0.717, 1.165) is 49.0 Å². The van der Waals surface area contributed by atoms with Crippen LogP contribution in [0.5, 0.6) is 0 Å². The van der Waals surface area contributed by atoms with Gasteiger partial charge in [0.1, 0.15) is 5.82 Å². The minimum atomic E-state index is -0.404. The highest BCUT2D eigenvalue weighted by Crippen LogP contribution is 2.51. The van der Waals surface area contributed by atoms with Gasteiger partial charge >= 0.3 is 0 Å². The topological polar surface area (TPSA) is 44.0 Å². The number of piperazine rings is 1. The Bertz CT molecular complexity index is 1420. The maximum atomic E-state index is 5.47. The molecule has 1 fully saturated rings. The number of hydrogen-bond donors (Lipinski definition) is 2. The number of benzene rings is 3. The molecule has 3 aromatic carbocycles. The van der Waals surface area contributed by atoms with Crippen molar-refractivity contribution in [1.82, 2.24) is 20.2 Å². The molecule has 4 nitrogen and oxygen atoms in total. The van der Waals surface area contributed by atoms with E-state index in [9.17, 15) is 0 Å². The van der Waals surface area contributed by atoms with Crippen molar-refractivity contribution in [2.45, 2.75) is 77.7 Å². The highest BCUT2D eigenvalue weighted by molar-refractivity contribution is 5.86. The molecule has 5 rings (SSSR count). The molecule has 0 spiro atoms. The zero-order valence-electron chi connectivity index (χ0n) is 27.5. The molecule has 0 saturated carbocycles. The van der Waals surface area contributed by atoms with E-state index >= 15 is 0 Å². The van der Waals surface area contributed by atoms with Gasteiger partial charge in [-0.25, -0.2) is 4.98 Å². The van der Waals surface area contributed by atoms with Gasteiger partial charge in [0.2, 0.25) is 0 Å². The Hall–Kier alpha value is -2.34. The second-order valence-electron chi connectivity index (χ2n) is 13.9. The van der Waals surface area contributed by atoms with Crippen LogP contribution in [-0.4, -0.2) is 41.0 Å². The van der Waals surface area contributed by atoms with Crippen LogP contribution >= 0.6 is 37.2 Å². The van der Waals surface area contributed by atoms with Gasteiger partial charge < -0.3 is 10.3 Å². The molecular weight excluding hydrogens is 607 g/mol. The first-order valence-electron chi connectivity index (χ1n) is 15.2. The van der Waals surface area contributed by atoms with Crippen molar-refractivity contribution in [3.8, 4) is 11.4 Å². The van der Waals surface area contributed by atoms with Crippen LogP contribution in [0.3, 0.4) is 0 Å². The first-order valence-corrected chi connectivity index (χ1v) is 15.2. The Morgan fingerprint density at radius 1 is 0.659 bits per heavy atom. The molecule has 2 heterocycles. The van der Waals surface area contributed by atoms with Gasteiger partial charge in [0.15, 0.2) is 0 Å². The molecule has 1 atom stereocenters. The average Bonchev–Trinajstić information content (AvgIpc) is 3.35. The fourth-order valence-electron chi connectivity index (χ4n) is 6.92. The third-order valence-corrected chi connectivity index (χ3v) is 8.91. The maximum Gasteiger partial charge on any atom is 0.137 e. The fourth-order valence-corrected chi connectivity index (χ4v) is 6.92. The molecule has 2 N–H and O–H groups in total. The van der Waals surface area contributed by atoms with Crippen molar-refractivity contribution in [3.05, 3.63) is 113 Å². The summed E-state index contributed by atoms with van der Waals surface area (Å²) >= 11 is 0. The molecule has 1 aromatic heterocycles. The van der Waals surface area contributed by atoms with E-state index in [1.54, 1.807) is 0 Å². The van der Waals surface area contributed by atoms with Crippen molar-refractivity contribution in [2.75, 3.05) is 26.2 Å². The number of halogens is 3. The summed E-state index contributed by atoms with van der Waals surface area (Å²) in [6.45, 7) is 22.6. The molecule has 0 aliphatic carbocycles. The van der Waals surface area contributed by atoms with Crippen LogP contribution in [0.1, 0.15) is 88.0 Å². The van der Waals surface area contributed by atoms with Crippen LogP contribution < -0.4 is 5.32 Å². The monoisotopic (exact) mass is 656 g/mol. The average molecular weight is 658 g/mol. The van der Waals surface area contributed by atoms with Gasteiger partial charge in [-0.05, 0) is 46.9 Å². The van der Waals surface area contributed by atoms with Crippen molar-refractivity contribution in [3.63, 3.8) is 0 Å². The Labute approximate surface area is 284 Å². The molecule has 240 valence electrons. The summed E-state index contributed by atoms with van der Waals surface area (Å²) in [5, 5.41) is 3.60. The summed E-state index contributed by atoms with van der Waals surface area (Å²) in [6.07, 6.45) is 0. The number of hydrogen-bond acceptors (Lipinski definition) is 3. The fraction of sp³-hybridized carbons (Fsp3) is 0.432. The molecule has 1 saturated heterocycles. The van der Waals surface area contributed by atoms with Crippen LogP contribution in [0.25, 0.3) is 11.4 Å². The van der Waals surface area contributed by atoms with E-state index in [1.807, 2.05) is 0 Å². The molecule has 4 aromatic rings. The van der Waals surface area contributed by atoms with Gasteiger partial charge in [0, 0.05) is 43.4 Å². The number of H-pyrrole nitrogens is 1. The number of nitrogens with one attached hydrogen (secondary N) is 2. The number of imidazole rings is 1. The second-order valence-corrected chi connectivity index (χ2v) is 13.9. The second kappa shape index (κ2) is 14.8. The minimum Gasteiger partial charge on any atom is -0.342 e. The van der Waals surface area contributed by atoms with E-state index in [-0.39, 0.29) is 54.0 Å². The lowest BCUT2D eigenvalue weighted by Crippen LogP contribution is -2.56. The summed E-state index contributed by atoms with van der Waals surface area (Å²) in [4.78, 5) is 11.9. The van der Waals surface area contributed by atoms with E-state index in [2.05, 4.69) is 149 Å². The first-order chi connectivity index (χ1) is 19.4. The molecule has 7 heteroatoms. The normalized spacial score (nSPS) is 15.5. The molecule has 44 heavy (non-hydrogen) atoms. The SMILES string of the molecule is Cc1[nH]c(-c2ccccc2)nc1C(C)(C(c1ccccc1C(C)(C)C)c1ccccc1C(C)(C)C)N1CCNCC1.Cl.Cl.Cl. The van der Waals surface area contributed by atoms with Gasteiger partial charge in [0.25, 0.3) is 0 Å². The quantitative estimate of drug-likeness (QED) is 0.217. The van der Waals surface area contributed by atoms with Gasteiger partial charge in [-0.15, -0.1) is 37.2 Å². The lowest BCUT2D eigenvalue weighted by molar-refractivity contribution is 0.0664. The number of aromatic nitrogens is 2. The maximum absolute atomic E-state index is 5.47. The lowest BCUT2D eigenvalue weighted by Gasteiger charge is -2.50. The first kappa shape index (κ1) is 37.8. The molecule has 1 aliphatic rings. The van der Waals surface area contributed by atoms with E-state index in [1.165, 1.54) is 22.3 Å². The van der Waals surface area contributed by atoms with Gasteiger partial charge in [0.05, 0.1) is 11.2 Å². The minimum absolute atomic E-state index is 0. The van der Waals surface area contributed by atoms with Crippen LogP contribution in [-0.2, 0) is 16.4 Å². The van der Waals surface area contributed by atoms with Gasteiger partial charge in [-0.2, -0.15) is 0 Å². The third kappa shape index (κ3) is 7.37. The molecule has 1 aliphatic heterocycles. The van der Waals surface area contributed by atoms with Crippen molar-refractivity contribution >= 4 is 37.2 Å². The number of aryl methyl sites for hydroxylation is 1. The van der Waals surface area contributed by atoms with Crippen molar-refractivity contribution < 1.29 is 0 Å². The standard InChI is InChI=1S/C37H48N4.3ClH/c1-26-33(40-34(39-26)27-16-10-9-11-17-27)37(8,41-24-22-38-23-25-41)32(28-18-12-14-20-30(28)35(2,3)4)29-19-13-15-21-31(29)36(5,6)7;;;/h9-21,32,38H,22-25H2,1-8H3,(H,39,40);3*1H. The lowest BCUT2D eigenvalue weighted by atomic mass is 9.66. The van der Waals surface area contributed by atoms with Crippen molar-refractivity contribution in [1.29, 1.82) is 0 Å². The highest BCUT2D eigenvalue weighted by Gasteiger charge is 2.48. The summed E-state index contributed by atoms with van der Waals surface area (Å²) in [6, 6.07) is 28.8. The predicted octanol–water partition coefficient (Wildman–Crippen LogP) is 9.20. The largest absolute Gasteiger partial charge is 0.342 e. The van der Waals surface area contributed by atoms with Crippen LogP contribution in [0.15, 0.2) is 78.9 Å². The van der Waals surface area contributed by atoms with E-state index in [0.29, 0.717) is 0 Å². The molecule has 0 amide bonds. The number of aromatic amines is 1. The molecule has 1 unspecified atom stereocenters. The van der Waals surface area contributed by atoms with Crippen molar-refractivity contribution in [2.24, 2.45) is 0 Å². The third-order valence-electron chi connectivity index (χ3n) is 8.91. The Balaban J connectivity index is 0.00000225. The van der Waals surface area contributed by atoms with Crippen LogP contribution in [0, 0.1) is 6.92 Å². The summed E-state index contributed by atoms with van der Waals surface area (Å²) in [7, 11) is 0. The Morgan fingerprint density at radius 2 is 1.11 bits per heavy atom. The summed E-state index contributed by atoms with van der Waals surface area (Å²) in [5.41, 5.74) is 8.54.